The number of aromatic nitrogens is 4. The fourth-order valence-electron chi connectivity index (χ4n) is 2.10. The van der Waals surface area contributed by atoms with Gasteiger partial charge < -0.3 is 14.6 Å². The Hall–Kier alpha value is -2.67. The molecule has 3 rings (SSSR count). The number of rotatable bonds is 5. The summed E-state index contributed by atoms with van der Waals surface area (Å²) in [5.74, 6) is 0.220. The van der Waals surface area contributed by atoms with Crippen LogP contribution in [0.3, 0.4) is 0 Å². The van der Waals surface area contributed by atoms with Crippen LogP contribution in [0, 0.1) is 0 Å². The third-order valence-electron chi connectivity index (χ3n) is 3.11. The van der Waals surface area contributed by atoms with Gasteiger partial charge in [0.25, 0.3) is 0 Å². The Morgan fingerprint density at radius 3 is 2.78 bits per heavy atom. The second-order valence-electron chi connectivity index (χ2n) is 4.70. The van der Waals surface area contributed by atoms with Crippen LogP contribution in [0.2, 0.25) is 5.02 Å². The molecule has 1 N–H and O–H groups in total. The van der Waals surface area contributed by atoms with E-state index in [-0.39, 0.29) is 12.5 Å². The lowest BCUT2D eigenvalue weighted by Crippen LogP contribution is -2.13. The van der Waals surface area contributed by atoms with Gasteiger partial charge in [-0.15, -0.1) is 0 Å². The lowest BCUT2D eigenvalue weighted by atomic mass is 10.3. The van der Waals surface area contributed by atoms with Crippen LogP contribution in [-0.4, -0.2) is 32.1 Å². The van der Waals surface area contributed by atoms with Crippen molar-refractivity contribution in [2.75, 3.05) is 11.9 Å². The van der Waals surface area contributed by atoms with Crippen molar-refractivity contribution < 1.29 is 9.53 Å². The highest BCUT2D eigenvalue weighted by atomic mass is 35.5. The Morgan fingerprint density at radius 2 is 2.04 bits per heavy atom. The molecular formula is C15H14ClN5O2. The zero-order chi connectivity index (χ0) is 16.2. The lowest BCUT2D eigenvalue weighted by molar-refractivity contribution is -0.143. The van der Waals surface area contributed by atoms with Gasteiger partial charge in [-0.05, 0) is 31.2 Å². The number of imidazole rings is 1. The monoisotopic (exact) mass is 331 g/mol. The van der Waals surface area contributed by atoms with Gasteiger partial charge in [0, 0.05) is 10.7 Å². The van der Waals surface area contributed by atoms with Gasteiger partial charge in [0.2, 0.25) is 0 Å². The van der Waals surface area contributed by atoms with Crippen LogP contribution in [0.5, 0.6) is 0 Å². The molecule has 118 valence electrons. The summed E-state index contributed by atoms with van der Waals surface area (Å²) in [6, 6.07) is 7.24. The van der Waals surface area contributed by atoms with Crippen molar-refractivity contribution >= 4 is 40.2 Å². The van der Waals surface area contributed by atoms with E-state index in [1.54, 1.807) is 30.0 Å². The van der Waals surface area contributed by atoms with E-state index < -0.39 is 0 Å². The molecule has 0 spiro atoms. The van der Waals surface area contributed by atoms with E-state index in [1.165, 1.54) is 6.33 Å². The molecule has 2 heterocycles. The third kappa shape index (κ3) is 3.40. The first-order chi connectivity index (χ1) is 11.2. The Morgan fingerprint density at radius 1 is 1.26 bits per heavy atom. The van der Waals surface area contributed by atoms with Gasteiger partial charge in [0.15, 0.2) is 17.0 Å². The summed E-state index contributed by atoms with van der Waals surface area (Å²) >= 11 is 5.87. The van der Waals surface area contributed by atoms with Crippen LogP contribution in [0.1, 0.15) is 6.92 Å². The molecule has 0 aliphatic heterocycles. The maximum absolute atomic E-state index is 11.6. The first-order valence-corrected chi connectivity index (χ1v) is 7.39. The standard InChI is InChI=1S/C15H14ClN5O2/c1-2-23-12(22)7-21-9-19-13-14(17-8-18-15(13)21)20-11-5-3-10(16)4-6-11/h3-6,8-9H,2,7H2,1H3,(H,17,18,20). The molecule has 0 amide bonds. The van der Waals surface area contributed by atoms with Crippen molar-refractivity contribution in [3.8, 4) is 0 Å². The molecule has 8 heteroatoms. The molecule has 23 heavy (non-hydrogen) atoms. The van der Waals surface area contributed by atoms with E-state index in [4.69, 9.17) is 16.3 Å². The number of nitrogens with one attached hydrogen (secondary N) is 1. The molecule has 7 nitrogen and oxygen atoms in total. The van der Waals surface area contributed by atoms with E-state index in [2.05, 4.69) is 20.3 Å². The molecule has 0 aliphatic carbocycles. The van der Waals surface area contributed by atoms with Gasteiger partial charge in [0.05, 0.1) is 12.9 Å². The Labute approximate surface area is 137 Å². The second kappa shape index (κ2) is 6.62. The average Bonchev–Trinajstić information content (AvgIpc) is 2.94. The molecule has 0 unspecified atom stereocenters. The van der Waals surface area contributed by atoms with E-state index >= 15 is 0 Å². The summed E-state index contributed by atoms with van der Waals surface area (Å²) in [4.78, 5) is 24.3. The first-order valence-electron chi connectivity index (χ1n) is 7.01. The molecule has 2 aromatic heterocycles. The molecule has 3 aromatic rings. The molecule has 0 aliphatic rings. The van der Waals surface area contributed by atoms with Crippen LogP contribution in [0.4, 0.5) is 11.5 Å². The molecule has 0 radical (unpaired) electrons. The van der Waals surface area contributed by atoms with Crippen molar-refractivity contribution in [3.63, 3.8) is 0 Å². The fraction of sp³-hybridized carbons (Fsp3) is 0.200. The average molecular weight is 332 g/mol. The number of ether oxygens (including phenoxy) is 1. The number of fused-ring (bicyclic) bond motifs is 1. The zero-order valence-corrected chi connectivity index (χ0v) is 13.1. The van der Waals surface area contributed by atoms with Crippen molar-refractivity contribution in [2.45, 2.75) is 13.5 Å². The summed E-state index contributed by atoms with van der Waals surface area (Å²) < 4.78 is 6.57. The Kier molecular flexibility index (Phi) is 4.38. The molecule has 1 aromatic carbocycles. The number of esters is 1. The maximum Gasteiger partial charge on any atom is 0.326 e. The lowest BCUT2D eigenvalue weighted by Gasteiger charge is -2.06. The van der Waals surface area contributed by atoms with E-state index in [1.807, 2.05) is 12.1 Å². The fourth-order valence-corrected chi connectivity index (χ4v) is 2.23. The minimum Gasteiger partial charge on any atom is -0.465 e. The number of anilines is 2. The van der Waals surface area contributed by atoms with Crippen molar-refractivity contribution in [2.24, 2.45) is 0 Å². The zero-order valence-electron chi connectivity index (χ0n) is 12.4. The van der Waals surface area contributed by atoms with Gasteiger partial charge in [-0.2, -0.15) is 0 Å². The number of halogens is 1. The Bertz CT molecular complexity index is 832. The summed E-state index contributed by atoms with van der Waals surface area (Å²) in [5, 5.41) is 3.82. The number of carbonyl (C=O) groups is 1. The summed E-state index contributed by atoms with van der Waals surface area (Å²) in [5.41, 5.74) is 1.96. The number of nitrogens with zero attached hydrogens (tertiary/aromatic N) is 4. The molecule has 0 atom stereocenters. The third-order valence-corrected chi connectivity index (χ3v) is 3.36. The van der Waals surface area contributed by atoms with Crippen LogP contribution < -0.4 is 5.32 Å². The van der Waals surface area contributed by atoms with Gasteiger partial charge in [-0.1, -0.05) is 11.6 Å². The normalized spacial score (nSPS) is 10.7. The highest BCUT2D eigenvalue weighted by Gasteiger charge is 2.13. The van der Waals surface area contributed by atoms with Crippen LogP contribution in [-0.2, 0) is 16.1 Å². The van der Waals surface area contributed by atoms with Gasteiger partial charge in [0.1, 0.15) is 12.9 Å². The summed E-state index contributed by atoms with van der Waals surface area (Å²) in [6.07, 6.45) is 2.97. The van der Waals surface area contributed by atoms with Gasteiger partial charge in [-0.25, -0.2) is 15.0 Å². The van der Waals surface area contributed by atoms with Gasteiger partial charge in [-0.3, -0.25) is 4.79 Å². The highest BCUT2D eigenvalue weighted by Crippen LogP contribution is 2.22. The Balaban J connectivity index is 1.89. The minimum atomic E-state index is -0.336. The number of carbonyl (C=O) groups excluding carboxylic acids is 1. The topological polar surface area (TPSA) is 81.9 Å². The van der Waals surface area contributed by atoms with E-state index in [0.29, 0.717) is 28.6 Å². The number of benzene rings is 1. The molecule has 0 bridgehead atoms. The van der Waals surface area contributed by atoms with Crippen molar-refractivity contribution in [1.82, 2.24) is 19.5 Å². The van der Waals surface area contributed by atoms with Gasteiger partial charge >= 0.3 is 5.97 Å². The quantitative estimate of drug-likeness (QED) is 0.724. The smallest absolute Gasteiger partial charge is 0.326 e. The largest absolute Gasteiger partial charge is 0.465 e. The number of hydrogen-bond acceptors (Lipinski definition) is 6. The van der Waals surface area contributed by atoms with E-state index in [0.717, 1.165) is 5.69 Å². The second-order valence-corrected chi connectivity index (χ2v) is 5.14. The highest BCUT2D eigenvalue weighted by molar-refractivity contribution is 6.30. The van der Waals surface area contributed by atoms with Crippen molar-refractivity contribution in [3.05, 3.63) is 41.9 Å². The molecule has 0 fully saturated rings. The SMILES string of the molecule is CCOC(=O)Cn1cnc2c(Nc3ccc(Cl)cc3)ncnc21. The summed E-state index contributed by atoms with van der Waals surface area (Å²) in [7, 11) is 0. The van der Waals surface area contributed by atoms with E-state index in [9.17, 15) is 4.79 Å². The number of hydrogen-bond donors (Lipinski definition) is 1. The minimum absolute atomic E-state index is 0.0573. The summed E-state index contributed by atoms with van der Waals surface area (Å²) in [6.45, 7) is 2.16. The molecular weight excluding hydrogens is 318 g/mol. The predicted octanol–water partition coefficient (Wildman–Crippen LogP) is 2.79. The predicted molar refractivity (Wildman–Crippen MR) is 86.7 cm³/mol. The molecule has 0 saturated carbocycles. The molecule has 0 saturated heterocycles. The van der Waals surface area contributed by atoms with Crippen LogP contribution in [0.15, 0.2) is 36.9 Å². The first kappa shape index (κ1) is 15.2. The van der Waals surface area contributed by atoms with Crippen LogP contribution >= 0.6 is 11.6 Å². The maximum atomic E-state index is 11.6. The van der Waals surface area contributed by atoms with Crippen LogP contribution in [0.25, 0.3) is 11.2 Å². The van der Waals surface area contributed by atoms with Crippen molar-refractivity contribution in [1.29, 1.82) is 0 Å².